The Hall–Kier alpha value is -1.32. The molecule has 1 heterocycles. The predicted molar refractivity (Wildman–Crippen MR) is 60.1 cm³/mol. The Morgan fingerprint density at radius 1 is 1.60 bits per heavy atom. The second-order valence-electron chi connectivity index (χ2n) is 4.16. The first-order chi connectivity index (χ1) is 7.29. The number of rotatable bonds is 5. The lowest BCUT2D eigenvalue weighted by Crippen LogP contribution is -2.28. The van der Waals surface area contributed by atoms with Crippen molar-refractivity contribution in [2.45, 2.75) is 26.2 Å². The van der Waals surface area contributed by atoms with Gasteiger partial charge < -0.3 is 9.88 Å². The predicted octanol–water partition coefficient (Wildman–Crippen LogP) is 1.40. The molecule has 0 amide bonds. The van der Waals surface area contributed by atoms with E-state index in [1.807, 2.05) is 0 Å². The number of H-pyrrole nitrogens is 1. The van der Waals surface area contributed by atoms with Crippen molar-refractivity contribution in [2.24, 2.45) is 5.92 Å². The van der Waals surface area contributed by atoms with E-state index in [1.54, 1.807) is 6.07 Å². The number of aromatic amines is 1. The summed E-state index contributed by atoms with van der Waals surface area (Å²) in [5.41, 5.74) is -0.0723. The fraction of sp³-hybridized carbons (Fsp3) is 0.636. The van der Waals surface area contributed by atoms with E-state index in [9.17, 15) is 4.79 Å². The molecule has 82 valence electrons. The Labute approximate surface area is 89.3 Å². The molecule has 4 nitrogen and oxygen atoms in total. The van der Waals surface area contributed by atoms with Gasteiger partial charge in [0.1, 0.15) is 5.82 Å². The van der Waals surface area contributed by atoms with Crippen LogP contribution in [0.3, 0.4) is 0 Å². The Morgan fingerprint density at radius 2 is 2.40 bits per heavy atom. The number of hydrogen-bond donors (Lipinski definition) is 1. The van der Waals surface area contributed by atoms with Crippen LogP contribution in [0.4, 0.5) is 5.82 Å². The van der Waals surface area contributed by atoms with E-state index in [1.165, 1.54) is 19.2 Å². The molecule has 0 bridgehead atoms. The van der Waals surface area contributed by atoms with Gasteiger partial charge in [0.2, 0.25) is 0 Å². The third-order valence-electron chi connectivity index (χ3n) is 2.66. The molecule has 0 unspecified atom stereocenters. The molecule has 1 aliphatic carbocycles. The lowest BCUT2D eigenvalue weighted by molar-refractivity contribution is 0.697. The first kappa shape index (κ1) is 10.2. The van der Waals surface area contributed by atoms with E-state index < -0.39 is 0 Å². The molecule has 0 saturated heterocycles. The minimum atomic E-state index is -0.0723. The number of anilines is 1. The van der Waals surface area contributed by atoms with Crippen LogP contribution in [-0.2, 0) is 0 Å². The summed E-state index contributed by atoms with van der Waals surface area (Å²) in [6.07, 6.45) is 5.21. The molecule has 0 atom stereocenters. The molecule has 0 spiro atoms. The summed E-state index contributed by atoms with van der Waals surface area (Å²) < 4.78 is 0. The summed E-state index contributed by atoms with van der Waals surface area (Å²) >= 11 is 0. The zero-order chi connectivity index (χ0) is 10.7. The van der Waals surface area contributed by atoms with Crippen LogP contribution in [-0.4, -0.2) is 23.1 Å². The van der Waals surface area contributed by atoms with Crippen LogP contribution in [0.2, 0.25) is 0 Å². The van der Waals surface area contributed by atoms with Gasteiger partial charge in [-0.15, -0.1) is 0 Å². The second-order valence-corrected chi connectivity index (χ2v) is 4.16. The zero-order valence-electron chi connectivity index (χ0n) is 9.07. The van der Waals surface area contributed by atoms with Crippen LogP contribution in [0.5, 0.6) is 0 Å². The highest BCUT2D eigenvalue weighted by Crippen LogP contribution is 2.30. The van der Waals surface area contributed by atoms with Crippen molar-refractivity contribution in [3.63, 3.8) is 0 Å². The Kier molecular flexibility index (Phi) is 3.04. The Morgan fingerprint density at radius 3 is 3.00 bits per heavy atom. The highest BCUT2D eigenvalue weighted by Gasteiger charge is 2.24. The third kappa shape index (κ3) is 2.81. The standard InChI is InChI=1S/C11H17N3O/c1-2-5-14(7-9-3-4-9)10-6-11(15)13-8-12-10/h6,8-9H,2-5,7H2,1H3,(H,12,13,15). The molecule has 0 aliphatic heterocycles. The molecular weight excluding hydrogens is 190 g/mol. The summed E-state index contributed by atoms with van der Waals surface area (Å²) in [5.74, 6) is 1.63. The van der Waals surface area contributed by atoms with Gasteiger partial charge in [-0.05, 0) is 25.2 Å². The maximum atomic E-state index is 11.2. The molecule has 0 radical (unpaired) electrons. The van der Waals surface area contributed by atoms with Gasteiger partial charge in [0.05, 0.1) is 6.33 Å². The fourth-order valence-corrected chi connectivity index (χ4v) is 1.71. The van der Waals surface area contributed by atoms with Gasteiger partial charge in [0.15, 0.2) is 0 Å². The van der Waals surface area contributed by atoms with Gasteiger partial charge in [-0.2, -0.15) is 0 Å². The van der Waals surface area contributed by atoms with Gasteiger partial charge in [0, 0.05) is 19.2 Å². The topological polar surface area (TPSA) is 49.0 Å². The average molecular weight is 207 g/mol. The Balaban J connectivity index is 2.11. The van der Waals surface area contributed by atoms with E-state index in [-0.39, 0.29) is 5.56 Å². The average Bonchev–Trinajstić information content (AvgIpc) is 3.01. The molecule has 4 heteroatoms. The first-order valence-electron chi connectivity index (χ1n) is 5.59. The number of hydrogen-bond acceptors (Lipinski definition) is 3. The minimum absolute atomic E-state index is 0.0723. The molecule has 1 saturated carbocycles. The fourth-order valence-electron chi connectivity index (χ4n) is 1.71. The third-order valence-corrected chi connectivity index (χ3v) is 2.66. The minimum Gasteiger partial charge on any atom is -0.356 e. The van der Waals surface area contributed by atoms with Crippen molar-refractivity contribution in [3.8, 4) is 0 Å². The molecule has 1 fully saturated rings. The maximum absolute atomic E-state index is 11.2. The van der Waals surface area contributed by atoms with Crippen LogP contribution in [0.1, 0.15) is 26.2 Å². The molecule has 0 aromatic carbocycles. The van der Waals surface area contributed by atoms with Crippen LogP contribution in [0.25, 0.3) is 0 Å². The molecule has 1 aromatic rings. The van der Waals surface area contributed by atoms with Crippen molar-refractivity contribution in [1.82, 2.24) is 9.97 Å². The molecule has 1 aromatic heterocycles. The molecule has 1 N–H and O–H groups in total. The summed E-state index contributed by atoms with van der Waals surface area (Å²) in [7, 11) is 0. The number of nitrogens with zero attached hydrogens (tertiary/aromatic N) is 2. The molecule has 2 rings (SSSR count). The highest BCUT2D eigenvalue weighted by atomic mass is 16.1. The van der Waals surface area contributed by atoms with E-state index in [4.69, 9.17) is 0 Å². The largest absolute Gasteiger partial charge is 0.356 e. The van der Waals surface area contributed by atoms with Gasteiger partial charge in [-0.3, -0.25) is 4.79 Å². The molecule has 15 heavy (non-hydrogen) atoms. The second kappa shape index (κ2) is 4.47. The lowest BCUT2D eigenvalue weighted by atomic mass is 10.3. The van der Waals surface area contributed by atoms with Gasteiger partial charge in [-0.1, -0.05) is 6.92 Å². The van der Waals surface area contributed by atoms with Crippen LogP contribution in [0, 0.1) is 5.92 Å². The zero-order valence-corrected chi connectivity index (χ0v) is 9.07. The normalized spacial score (nSPS) is 15.3. The molecule has 1 aliphatic rings. The lowest BCUT2D eigenvalue weighted by Gasteiger charge is -2.22. The van der Waals surface area contributed by atoms with Crippen molar-refractivity contribution in [2.75, 3.05) is 18.0 Å². The summed E-state index contributed by atoms with van der Waals surface area (Å²) in [4.78, 5) is 20.1. The number of nitrogens with one attached hydrogen (secondary N) is 1. The summed E-state index contributed by atoms with van der Waals surface area (Å²) in [6, 6.07) is 1.58. The highest BCUT2D eigenvalue weighted by molar-refractivity contribution is 5.36. The van der Waals surface area contributed by atoms with E-state index >= 15 is 0 Å². The van der Waals surface area contributed by atoms with E-state index in [2.05, 4.69) is 21.8 Å². The first-order valence-corrected chi connectivity index (χ1v) is 5.59. The van der Waals surface area contributed by atoms with E-state index in [0.717, 1.165) is 31.2 Å². The van der Waals surface area contributed by atoms with Crippen LogP contribution >= 0.6 is 0 Å². The van der Waals surface area contributed by atoms with Gasteiger partial charge in [0.25, 0.3) is 5.56 Å². The SMILES string of the molecule is CCCN(CC1CC1)c1cc(=O)[nH]cn1. The van der Waals surface area contributed by atoms with Crippen molar-refractivity contribution >= 4 is 5.82 Å². The van der Waals surface area contributed by atoms with Gasteiger partial charge in [-0.25, -0.2) is 4.98 Å². The van der Waals surface area contributed by atoms with Gasteiger partial charge >= 0.3 is 0 Å². The quantitative estimate of drug-likeness (QED) is 0.794. The maximum Gasteiger partial charge on any atom is 0.252 e. The van der Waals surface area contributed by atoms with Crippen LogP contribution < -0.4 is 10.5 Å². The van der Waals surface area contributed by atoms with E-state index in [0.29, 0.717) is 0 Å². The number of aromatic nitrogens is 2. The van der Waals surface area contributed by atoms with Crippen LogP contribution in [0.15, 0.2) is 17.2 Å². The summed E-state index contributed by atoms with van der Waals surface area (Å²) in [6.45, 7) is 4.17. The van der Waals surface area contributed by atoms with Crippen molar-refractivity contribution < 1.29 is 0 Å². The molecular formula is C11H17N3O. The Bertz CT molecular complexity index is 370. The van der Waals surface area contributed by atoms with Crippen molar-refractivity contribution in [3.05, 3.63) is 22.7 Å². The monoisotopic (exact) mass is 207 g/mol. The van der Waals surface area contributed by atoms with Crippen molar-refractivity contribution in [1.29, 1.82) is 0 Å². The summed E-state index contributed by atoms with van der Waals surface area (Å²) in [5, 5.41) is 0. The smallest absolute Gasteiger partial charge is 0.252 e.